The molecule has 2 aromatic carbocycles. The van der Waals surface area contributed by atoms with Gasteiger partial charge in [0.1, 0.15) is 5.82 Å². The van der Waals surface area contributed by atoms with Gasteiger partial charge in [-0.15, -0.1) is 0 Å². The topological polar surface area (TPSA) is 90.6 Å². The van der Waals surface area contributed by atoms with Gasteiger partial charge in [-0.3, -0.25) is 10.4 Å². The van der Waals surface area contributed by atoms with Crippen molar-refractivity contribution in [1.29, 1.82) is 5.41 Å². The third-order valence-corrected chi connectivity index (χ3v) is 6.45. The molecular weight excluding hydrogens is 497 g/mol. The third kappa shape index (κ3) is 6.64. The first-order valence-electron chi connectivity index (χ1n) is 13.1. The molecule has 40 heavy (non-hydrogen) atoms. The average molecular weight is 534 g/mol. The van der Waals surface area contributed by atoms with E-state index in [4.69, 9.17) is 11.1 Å². The molecule has 0 unspecified atom stereocenters. The van der Waals surface area contributed by atoms with Gasteiger partial charge in [0, 0.05) is 39.6 Å². The van der Waals surface area contributed by atoms with Crippen molar-refractivity contribution in [2.75, 3.05) is 5.32 Å². The van der Waals surface area contributed by atoms with Crippen LogP contribution in [-0.4, -0.2) is 15.7 Å². The van der Waals surface area contributed by atoms with Gasteiger partial charge in [0.05, 0.1) is 23.3 Å². The maximum atomic E-state index is 13.9. The highest BCUT2D eigenvalue weighted by Crippen LogP contribution is 2.31. The lowest BCUT2D eigenvalue weighted by molar-refractivity contribution is 0.411. The normalized spacial score (nSPS) is 12.4. The van der Waals surface area contributed by atoms with Crippen LogP contribution >= 0.6 is 0 Å². The molecule has 204 valence electrons. The third-order valence-electron chi connectivity index (χ3n) is 6.45. The number of hydrogen-bond acceptors (Lipinski definition) is 4. The van der Waals surface area contributed by atoms with Gasteiger partial charge in [0.25, 0.3) is 0 Å². The molecule has 0 aliphatic rings. The minimum absolute atomic E-state index is 0.113. The number of nitrogens with two attached hydrogens (primary N) is 1. The van der Waals surface area contributed by atoms with Crippen LogP contribution in [0.2, 0.25) is 0 Å². The maximum Gasteiger partial charge on any atom is 0.123 e. The first-order valence-corrected chi connectivity index (χ1v) is 13.1. The molecule has 0 spiro atoms. The summed E-state index contributed by atoms with van der Waals surface area (Å²) < 4.78 is 13.9. The summed E-state index contributed by atoms with van der Waals surface area (Å²) >= 11 is 0. The van der Waals surface area contributed by atoms with E-state index in [0.717, 1.165) is 45.4 Å². The number of aromatic nitrogens is 2. The Balaban J connectivity index is 1.66. The number of allylic oxidation sites excluding steroid dienone is 5. The van der Waals surface area contributed by atoms with Crippen LogP contribution in [0, 0.1) is 16.6 Å². The molecule has 0 radical (unpaired) electrons. The summed E-state index contributed by atoms with van der Waals surface area (Å²) in [5, 5.41) is 13.3. The molecular formula is C34H36FN5. The first kappa shape index (κ1) is 28.3. The van der Waals surface area contributed by atoms with E-state index in [9.17, 15) is 4.39 Å². The van der Waals surface area contributed by atoms with Crippen LogP contribution in [0.4, 0.5) is 10.1 Å². The van der Waals surface area contributed by atoms with Gasteiger partial charge in [-0.25, -0.2) is 4.39 Å². The van der Waals surface area contributed by atoms with Gasteiger partial charge in [0.2, 0.25) is 0 Å². The predicted molar refractivity (Wildman–Crippen MR) is 167 cm³/mol. The van der Waals surface area contributed by atoms with Gasteiger partial charge in [-0.1, -0.05) is 64.3 Å². The standard InChI is InChI=1S/C34H36FN5/c1-7-30(36)29(14-21(2)24-16-26(20-38-19-24)39-22(3)18-34(4,5)6)33(37)32-17-28-27(12-9-13-31(28)40-32)23-10-8-11-25(35)15-23/h7-17,19-20,37,39-40H,2-3,18,36H2,1,4-6H3/b29-14+,30-7+,37-33?. The van der Waals surface area contributed by atoms with Crippen LogP contribution in [0.5, 0.6) is 0 Å². The number of H-pyrrole nitrogens is 1. The van der Waals surface area contributed by atoms with Crippen LogP contribution < -0.4 is 11.1 Å². The highest BCUT2D eigenvalue weighted by atomic mass is 19.1. The summed E-state index contributed by atoms with van der Waals surface area (Å²) in [4.78, 5) is 7.72. The van der Waals surface area contributed by atoms with Crippen molar-refractivity contribution in [2.45, 2.75) is 34.1 Å². The number of rotatable bonds is 9. The number of anilines is 1. The summed E-state index contributed by atoms with van der Waals surface area (Å²) in [6.07, 6.45) is 7.88. The Labute approximate surface area is 235 Å². The lowest BCUT2D eigenvalue weighted by atomic mass is 9.91. The highest BCUT2D eigenvalue weighted by Gasteiger charge is 2.17. The Hall–Kier alpha value is -4.71. The molecule has 6 heteroatoms. The van der Waals surface area contributed by atoms with E-state index < -0.39 is 0 Å². The number of aromatic amines is 1. The van der Waals surface area contributed by atoms with E-state index in [-0.39, 0.29) is 16.9 Å². The molecule has 0 fully saturated rings. The van der Waals surface area contributed by atoms with Gasteiger partial charge in [0.15, 0.2) is 0 Å². The first-order chi connectivity index (χ1) is 18.9. The van der Waals surface area contributed by atoms with Crippen molar-refractivity contribution in [3.63, 3.8) is 0 Å². The molecule has 4 rings (SSSR count). The monoisotopic (exact) mass is 533 g/mol. The second kappa shape index (κ2) is 11.6. The van der Waals surface area contributed by atoms with E-state index in [2.05, 4.69) is 49.2 Å². The lowest BCUT2D eigenvalue weighted by Gasteiger charge is -2.20. The maximum absolute atomic E-state index is 13.9. The molecule has 0 atom stereocenters. The van der Waals surface area contributed by atoms with Crippen LogP contribution in [0.15, 0.2) is 109 Å². The minimum Gasteiger partial charge on any atom is -0.398 e. The van der Waals surface area contributed by atoms with Crippen molar-refractivity contribution in [1.82, 2.24) is 9.97 Å². The largest absolute Gasteiger partial charge is 0.398 e. The molecule has 0 bridgehead atoms. The van der Waals surface area contributed by atoms with E-state index in [0.29, 0.717) is 22.5 Å². The number of hydrogen-bond donors (Lipinski definition) is 4. The van der Waals surface area contributed by atoms with Crippen molar-refractivity contribution in [3.8, 4) is 11.1 Å². The lowest BCUT2D eigenvalue weighted by Crippen LogP contribution is -2.12. The number of nitrogens with one attached hydrogen (secondary N) is 3. The minimum atomic E-state index is -0.296. The highest BCUT2D eigenvalue weighted by molar-refractivity contribution is 6.16. The number of nitrogens with zero attached hydrogens (tertiary/aromatic N) is 1. The molecule has 0 aliphatic heterocycles. The Morgan fingerprint density at radius 1 is 1.10 bits per heavy atom. The Morgan fingerprint density at radius 3 is 2.55 bits per heavy atom. The van der Waals surface area contributed by atoms with Crippen molar-refractivity contribution >= 4 is 27.9 Å². The molecule has 0 saturated carbocycles. The molecule has 5 nitrogen and oxygen atoms in total. The van der Waals surface area contributed by atoms with Crippen LogP contribution in [0.25, 0.3) is 27.6 Å². The van der Waals surface area contributed by atoms with Crippen molar-refractivity contribution < 1.29 is 4.39 Å². The summed E-state index contributed by atoms with van der Waals surface area (Å²) in [6, 6.07) is 16.2. The fraction of sp³-hybridized carbons (Fsp3) is 0.176. The SMILES string of the molecule is C=C(CC(C)(C)C)Nc1cncc(C(=C)/C=C(C(=N)c2cc3c(-c4cccc(F)c4)cccc3[nH]2)\C(N)=C/C)c1. The smallest absolute Gasteiger partial charge is 0.123 e. The average Bonchev–Trinajstić information content (AvgIpc) is 3.34. The van der Waals surface area contributed by atoms with Crippen molar-refractivity contribution in [2.24, 2.45) is 11.1 Å². The molecule has 4 aromatic rings. The molecule has 2 aromatic heterocycles. The molecule has 0 aliphatic carbocycles. The molecule has 5 N–H and O–H groups in total. The van der Waals surface area contributed by atoms with Crippen LogP contribution in [0.3, 0.4) is 0 Å². The predicted octanol–water partition coefficient (Wildman–Crippen LogP) is 8.60. The van der Waals surface area contributed by atoms with E-state index in [1.807, 2.05) is 43.3 Å². The number of benzene rings is 2. The van der Waals surface area contributed by atoms with Crippen molar-refractivity contribution in [3.05, 3.63) is 126 Å². The fourth-order valence-electron chi connectivity index (χ4n) is 4.63. The summed E-state index contributed by atoms with van der Waals surface area (Å²) in [5.41, 5.74) is 14.0. The number of fused-ring (bicyclic) bond motifs is 1. The zero-order valence-corrected chi connectivity index (χ0v) is 23.5. The van der Waals surface area contributed by atoms with Gasteiger partial charge in [-0.2, -0.15) is 0 Å². The number of halogens is 1. The summed E-state index contributed by atoms with van der Waals surface area (Å²) in [5.74, 6) is -0.296. The van der Waals surface area contributed by atoms with E-state index in [1.165, 1.54) is 12.1 Å². The fourth-order valence-corrected chi connectivity index (χ4v) is 4.63. The molecule has 0 saturated heterocycles. The van der Waals surface area contributed by atoms with Gasteiger partial charge < -0.3 is 16.0 Å². The number of pyridine rings is 1. The summed E-state index contributed by atoms with van der Waals surface area (Å²) in [6.45, 7) is 16.7. The zero-order valence-electron chi connectivity index (χ0n) is 23.5. The Kier molecular flexibility index (Phi) is 8.19. The van der Waals surface area contributed by atoms with Crippen LogP contribution in [0.1, 0.15) is 45.4 Å². The van der Waals surface area contributed by atoms with Crippen LogP contribution in [-0.2, 0) is 0 Å². The Morgan fingerprint density at radius 2 is 1.85 bits per heavy atom. The van der Waals surface area contributed by atoms with E-state index >= 15 is 0 Å². The molecule has 2 heterocycles. The van der Waals surface area contributed by atoms with Gasteiger partial charge in [-0.05, 0) is 71.9 Å². The summed E-state index contributed by atoms with van der Waals surface area (Å²) in [7, 11) is 0. The zero-order chi connectivity index (χ0) is 29.0. The second-order valence-corrected chi connectivity index (χ2v) is 11.1. The quantitative estimate of drug-likeness (QED) is 0.128. The van der Waals surface area contributed by atoms with Gasteiger partial charge >= 0.3 is 0 Å². The Bertz CT molecular complexity index is 1660. The molecule has 0 amide bonds. The second-order valence-electron chi connectivity index (χ2n) is 11.1. The van der Waals surface area contributed by atoms with E-state index in [1.54, 1.807) is 30.6 Å².